The molecule has 3 rings (SSSR count). The van der Waals surface area contributed by atoms with Crippen LogP contribution in [0.2, 0.25) is 0 Å². The molecule has 0 radical (unpaired) electrons. The molecule has 0 aliphatic heterocycles. The van der Waals surface area contributed by atoms with Crippen LogP contribution < -0.4 is 5.32 Å². The summed E-state index contributed by atoms with van der Waals surface area (Å²) in [6.07, 6.45) is 2.11. The van der Waals surface area contributed by atoms with Gasteiger partial charge in [-0.3, -0.25) is 0 Å². The van der Waals surface area contributed by atoms with E-state index in [1.165, 1.54) is 4.90 Å². The van der Waals surface area contributed by atoms with Gasteiger partial charge in [-0.2, -0.15) is 0 Å². The summed E-state index contributed by atoms with van der Waals surface area (Å²) in [7, 11) is 0. The van der Waals surface area contributed by atoms with Gasteiger partial charge >= 0.3 is 0 Å². The number of halogens is 1. The van der Waals surface area contributed by atoms with Crippen molar-refractivity contribution in [3.8, 4) is 0 Å². The highest BCUT2D eigenvalue weighted by atomic mass is 32.2. The van der Waals surface area contributed by atoms with Crippen LogP contribution in [-0.4, -0.2) is 18.3 Å². The summed E-state index contributed by atoms with van der Waals surface area (Å²) in [4.78, 5) is 1.32. The molecule has 0 atom stereocenters. The number of rotatable bonds is 6. The van der Waals surface area contributed by atoms with Gasteiger partial charge in [0.15, 0.2) is 0 Å². The molecule has 2 aromatic rings. The molecule has 1 aliphatic carbocycles. The largest absolute Gasteiger partial charge is 0.313 e. The molecule has 110 valence electrons. The first-order chi connectivity index (χ1) is 10.3. The Morgan fingerprint density at radius 1 is 1.00 bits per heavy atom. The van der Waals surface area contributed by atoms with E-state index in [2.05, 4.69) is 29.6 Å². The van der Waals surface area contributed by atoms with E-state index in [1.54, 1.807) is 12.1 Å². The summed E-state index contributed by atoms with van der Waals surface area (Å²) in [5.74, 6) is 1.41. The third kappa shape index (κ3) is 3.86. The first kappa shape index (κ1) is 14.6. The van der Waals surface area contributed by atoms with Crippen LogP contribution in [0.25, 0.3) is 0 Å². The molecule has 1 N–H and O–H groups in total. The fourth-order valence-corrected chi connectivity index (χ4v) is 3.60. The fraction of sp³-hybridized carbons (Fsp3) is 0.333. The van der Waals surface area contributed by atoms with Crippen LogP contribution in [0.4, 0.5) is 4.39 Å². The van der Waals surface area contributed by atoms with Gasteiger partial charge in [-0.1, -0.05) is 36.4 Å². The van der Waals surface area contributed by atoms with E-state index in [4.69, 9.17) is 0 Å². The van der Waals surface area contributed by atoms with Crippen LogP contribution in [0.5, 0.6) is 0 Å². The molecule has 0 aromatic heterocycles. The zero-order valence-electron chi connectivity index (χ0n) is 12.0. The van der Waals surface area contributed by atoms with Crippen molar-refractivity contribution in [1.82, 2.24) is 5.32 Å². The Hall–Kier alpha value is -1.32. The second kappa shape index (κ2) is 7.10. The number of hydrogen-bond acceptors (Lipinski definition) is 2. The van der Waals surface area contributed by atoms with Gasteiger partial charge in [0.05, 0.1) is 0 Å². The van der Waals surface area contributed by atoms with E-state index in [0.717, 1.165) is 30.7 Å². The molecule has 2 aromatic carbocycles. The predicted molar refractivity (Wildman–Crippen MR) is 87.3 cm³/mol. The first-order valence-electron chi connectivity index (χ1n) is 7.48. The molecule has 0 spiro atoms. The lowest BCUT2D eigenvalue weighted by molar-refractivity contribution is 0.291. The Bertz CT molecular complexity index is 566. The van der Waals surface area contributed by atoms with Crippen LogP contribution in [0.15, 0.2) is 59.5 Å². The number of thioether (sulfide) groups is 1. The van der Waals surface area contributed by atoms with Crippen molar-refractivity contribution in [2.45, 2.75) is 29.7 Å². The van der Waals surface area contributed by atoms with E-state index in [-0.39, 0.29) is 5.82 Å². The standard InChI is InChI=1S/C18H20FNS/c19-18-9-5-4-8-17(18)14-12-15(13-14)20-10-11-21-16-6-2-1-3-7-16/h1-9,14-15,20H,10-13H2. The molecule has 3 heteroatoms. The second-order valence-electron chi connectivity index (χ2n) is 5.50. The molecule has 21 heavy (non-hydrogen) atoms. The van der Waals surface area contributed by atoms with Gasteiger partial charge in [-0.05, 0) is 42.5 Å². The van der Waals surface area contributed by atoms with Crippen molar-refractivity contribution in [2.24, 2.45) is 0 Å². The summed E-state index contributed by atoms with van der Waals surface area (Å²) in [5.41, 5.74) is 0.884. The molecule has 0 unspecified atom stereocenters. The van der Waals surface area contributed by atoms with E-state index >= 15 is 0 Å². The van der Waals surface area contributed by atoms with Gasteiger partial charge in [0.25, 0.3) is 0 Å². The number of hydrogen-bond donors (Lipinski definition) is 1. The summed E-state index contributed by atoms with van der Waals surface area (Å²) < 4.78 is 13.7. The SMILES string of the molecule is Fc1ccccc1C1CC(NCCSc2ccccc2)C1. The quantitative estimate of drug-likeness (QED) is 0.625. The van der Waals surface area contributed by atoms with Crippen molar-refractivity contribution in [3.63, 3.8) is 0 Å². The lowest BCUT2D eigenvalue weighted by Gasteiger charge is -2.36. The maximum absolute atomic E-state index is 13.7. The average Bonchev–Trinajstić information content (AvgIpc) is 2.47. The second-order valence-corrected chi connectivity index (χ2v) is 6.67. The van der Waals surface area contributed by atoms with Gasteiger partial charge in [-0.15, -0.1) is 11.8 Å². The topological polar surface area (TPSA) is 12.0 Å². The fourth-order valence-electron chi connectivity index (χ4n) is 2.79. The summed E-state index contributed by atoms with van der Waals surface area (Å²) >= 11 is 1.87. The third-order valence-electron chi connectivity index (χ3n) is 4.03. The van der Waals surface area contributed by atoms with Crippen LogP contribution in [0.3, 0.4) is 0 Å². The van der Waals surface area contributed by atoms with Crippen molar-refractivity contribution in [3.05, 3.63) is 66.0 Å². The van der Waals surface area contributed by atoms with Crippen LogP contribution in [0, 0.1) is 5.82 Å². The zero-order chi connectivity index (χ0) is 14.5. The Labute approximate surface area is 130 Å². The summed E-state index contributed by atoms with van der Waals surface area (Å²) in [6.45, 7) is 1.01. The number of nitrogens with one attached hydrogen (secondary N) is 1. The predicted octanol–water partition coefficient (Wildman–Crippen LogP) is 4.45. The summed E-state index contributed by atoms with van der Waals surface area (Å²) in [5, 5.41) is 3.57. The van der Waals surface area contributed by atoms with Crippen molar-refractivity contribution >= 4 is 11.8 Å². The van der Waals surface area contributed by atoms with Crippen molar-refractivity contribution in [2.75, 3.05) is 12.3 Å². The number of benzene rings is 2. The Kier molecular flexibility index (Phi) is 4.94. The lowest BCUT2D eigenvalue weighted by Crippen LogP contribution is -2.41. The van der Waals surface area contributed by atoms with Gasteiger partial charge < -0.3 is 5.32 Å². The molecule has 0 amide bonds. The first-order valence-corrected chi connectivity index (χ1v) is 8.47. The Morgan fingerprint density at radius 2 is 1.71 bits per heavy atom. The van der Waals surface area contributed by atoms with Gasteiger partial charge in [0, 0.05) is 23.2 Å². The normalized spacial score (nSPS) is 21.0. The zero-order valence-corrected chi connectivity index (χ0v) is 12.8. The van der Waals surface area contributed by atoms with E-state index in [9.17, 15) is 4.39 Å². The van der Waals surface area contributed by atoms with Crippen LogP contribution >= 0.6 is 11.8 Å². The minimum atomic E-state index is -0.0550. The van der Waals surface area contributed by atoms with Gasteiger partial charge in [0.1, 0.15) is 5.82 Å². The Morgan fingerprint density at radius 3 is 2.48 bits per heavy atom. The lowest BCUT2D eigenvalue weighted by atomic mass is 9.75. The third-order valence-corrected chi connectivity index (χ3v) is 5.04. The van der Waals surface area contributed by atoms with Gasteiger partial charge in [0.2, 0.25) is 0 Å². The molecule has 0 heterocycles. The minimum Gasteiger partial charge on any atom is -0.313 e. The molecule has 1 fully saturated rings. The minimum absolute atomic E-state index is 0.0550. The highest BCUT2D eigenvalue weighted by molar-refractivity contribution is 7.99. The molecule has 1 aliphatic rings. The molecule has 1 nitrogen and oxygen atoms in total. The summed E-state index contributed by atoms with van der Waals surface area (Å²) in [6, 6.07) is 18.2. The van der Waals surface area contributed by atoms with E-state index in [1.807, 2.05) is 30.0 Å². The highest BCUT2D eigenvalue weighted by Gasteiger charge is 2.31. The molecule has 1 saturated carbocycles. The van der Waals surface area contributed by atoms with Crippen molar-refractivity contribution < 1.29 is 4.39 Å². The molecular weight excluding hydrogens is 281 g/mol. The van der Waals surface area contributed by atoms with Gasteiger partial charge in [-0.25, -0.2) is 4.39 Å². The van der Waals surface area contributed by atoms with Crippen LogP contribution in [0.1, 0.15) is 24.3 Å². The molecular formula is C18H20FNS. The van der Waals surface area contributed by atoms with E-state index < -0.39 is 0 Å². The maximum Gasteiger partial charge on any atom is 0.126 e. The van der Waals surface area contributed by atoms with Crippen LogP contribution in [-0.2, 0) is 0 Å². The Balaban J connectivity index is 1.35. The van der Waals surface area contributed by atoms with E-state index in [0.29, 0.717) is 12.0 Å². The monoisotopic (exact) mass is 301 g/mol. The molecule has 0 bridgehead atoms. The van der Waals surface area contributed by atoms with Crippen molar-refractivity contribution in [1.29, 1.82) is 0 Å². The molecule has 0 saturated heterocycles. The maximum atomic E-state index is 13.7. The smallest absolute Gasteiger partial charge is 0.126 e. The highest BCUT2D eigenvalue weighted by Crippen LogP contribution is 2.37. The average molecular weight is 301 g/mol.